The fourth-order valence-electron chi connectivity index (χ4n) is 3.87. The highest BCUT2D eigenvalue weighted by molar-refractivity contribution is 5.85. The van der Waals surface area contributed by atoms with Crippen molar-refractivity contribution in [3.63, 3.8) is 0 Å². The van der Waals surface area contributed by atoms with Gasteiger partial charge in [0.15, 0.2) is 0 Å². The number of carboxylic acid groups (broad SMARTS) is 1. The standard InChI is InChI=1S/C16H27NO4/c18-12-15(6-4-5-7-15)11-17-13(19)10-16(14(20)21)8-2-1-3-9-16/h18H,1-12H2,(H,17,19)(H,20,21). The molecule has 0 bridgehead atoms. The number of amides is 1. The third-order valence-corrected chi connectivity index (χ3v) is 5.42. The maximum atomic E-state index is 12.2. The Morgan fingerprint density at radius 3 is 2.05 bits per heavy atom. The van der Waals surface area contributed by atoms with Gasteiger partial charge in [0, 0.05) is 18.4 Å². The van der Waals surface area contributed by atoms with E-state index in [1.807, 2.05) is 0 Å². The van der Waals surface area contributed by atoms with E-state index in [4.69, 9.17) is 0 Å². The molecule has 0 aromatic rings. The van der Waals surface area contributed by atoms with Gasteiger partial charge >= 0.3 is 5.97 Å². The van der Waals surface area contributed by atoms with Gasteiger partial charge in [0.1, 0.15) is 0 Å². The van der Waals surface area contributed by atoms with Crippen molar-refractivity contribution in [2.75, 3.05) is 13.2 Å². The second-order valence-electron chi connectivity index (χ2n) is 6.96. The molecular formula is C16H27NO4. The second-order valence-corrected chi connectivity index (χ2v) is 6.96. The van der Waals surface area contributed by atoms with E-state index >= 15 is 0 Å². The van der Waals surface area contributed by atoms with E-state index in [1.54, 1.807) is 0 Å². The summed E-state index contributed by atoms with van der Waals surface area (Å²) in [6.45, 7) is 0.565. The molecule has 5 heteroatoms. The van der Waals surface area contributed by atoms with Crippen LogP contribution in [-0.4, -0.2) is 35.2 Å². The van der Waals surface area contributed by atoms with Gasteiger partial charge in [-0.15, -0.1) is 0 Å². The van der Waals surface area contributed by atoms with Gasteiger partial charge < -0.3 is 15.5 Å². The smallest absolute Gasteiger partial charge is 0.310 e. The Morgan fingerprint density at radius 1 is 0.952 bits per heavy atom. The minimum Gasteiger partial charge on any atom is -0.481 e. The molecule has 0 aliphatic heterocycles. The zero-order chi connectivity index (χ0) is 15.3. The highest BCUT2D eigenvalue weighted by Crippen LogP contribution is 2.40. The summed E-state index contributed by atoms with van der Waals surface area (Å²) in [5.41, 5.74) is -1.05. The van der Waals surface area contributed by atoms with Gasteiger partial charge in [-0.3, -0.25) is 9.59 Å². The minimum atomic E-state index is -0.871. The summed E-state index contributed by atoms with van der Waals surface area (Å²) in [4.78, 5) is 23.8. The zero-order valence-corrected chi connectivity index (χ0v) is 12.7. The summed E-state index contributed by atoms with van der Waals surface area (Å²) in [5, 5.41) is 21.9. The van der Waals surface area contributed by atoms with Gasteiger partial charge in [-0.25, -0.2) is 0 Å². The molecule has 0 atom stereocenters. The van der Waals surface area contributed by atoms with Crippen LogP contribution in [0.25, 0.3) is 0 Å². The lowest BCUT2D eigenvalue weighted by atomic mass is 9.71. The summed E-state index contributed by atoms with van der Waals surface area (Å²) in [7, 11) is 0. The SMILES string of the molecule is O=C(CC1(C(=O)O)CCCCC1)NCC1(CO)CCCC1. The number of aliphatic carboxylic acids is 1. The van der Waals surface area contributed by atoms with Crippen molar-refractivity contribution in [1.29, 1.82) is 0 Å². The summed E-state index contributed by atoms with van der Waals surface area (Å²) < 4.78 is 0. The lowest BCUT2D eigenvalue weighted by Gasteiger charge is -2.33. The molecule has 120 valence electrons. The fraction of sp³-hybridized carbons (Fsp3) is 0.875. The van der Waals surface area contributed by atoms with Crippen molar-refractivity contribution in [3.05, 3.63) is 0 Å². The summed E-state index contributed by atoms with van der Waals surface area (Å²) in [5.74, 6) is -1.02. The molecular weight excluding hydrogens is 270 g/mol. The molecule has 0 radical (unpaired) electrons. The highest BCUT2D eigenvalue weighted by Gasteiger charge is 2.42. The van der Waals surface area contributed by atoms with E-state index in [1.165, 1.54) is 0 Å². The predicted octanol–water partition coefficient (Wildman–Crippen LogP) is 2.08. The summed E-state index contributed by atoms with van der Waals surface area (Å²) in [6, 6.07) is 0. The van der Waals surface area contributed by atoms with E-state index in [2.05, 4.69) is 5.32 Å². The van der Waals surface area contributed by atoms with E-state index < -0.39 is 11.4 Å². The maximum absolute atomic E-state index is 12.2. The van der Waals surface area contributed by atoms with Gasteiger partial charge in [-0.05, 0) is 25.7 Å². The Morgan fingerprint density at radius 2 is 1.52 bits per heavy atom. The molecule has 0 unspecified atom stereocenters. The number of aliphatic hydroxyl groups excluding tert-OH is 1. The molecule has 0 aromatic heterocycles. The van der Waals surface area contributed by atoms with Crippen LogP contribution < -0.4 is 5.32 Å². The van der Waals surface area contributed by atoms with Crippen LogP contribution in [0.1, 0.15) is 64.2 Å². The number of hydrogen-bond donors (Lipinski definition) is 3. The molecule has 2 saturated carbocycles. The molecule has 1 amide bonds. The second kappa shape index (κ2) is 6.77. The van der Waals surface area contributed by atoms with Gasteiger partial charge in [-0.2, -0.15) is 0 Å². The van der Waals surface area contributed by atoms with Crippen LogP contribution in [0.3, 0.4) is 0 Å². The molecule has 2 aliphatic rings. The van der Waals surface area contributed by atoms with Crippen molar-refractivity contribution < 1.29 is 19.8 Å². The number of nitrogens with one attached hydrogen (secondary N) is 1. The molecule has 21 heavy (non-hydrogen) atoms. The fourth-order valence-corrected chi connectivity index (χ4v) is 3.87. The third kappa shape index (κ3) is 3.76. The lowest BCUT2D eigenvalue weighted by molar-refractivity contribution is -0.154. The Balaban J connectivity index is 1.89. The zero-order valence-electron chi connectivity index (χ0n) is 12.7. The summed E-state index contributed by atoms with van der Waals surface area (Å²) in [6.07, 6.45) is 8.17. The number of carbonyl (C=O) groups is 2. The normalized spacial score (nSPS) is 23.7. The van der Waals surface area contributed by atoms with Crippen LogP contribution in [0.2, 0.25) is 0 Å². The minimum absolute atomic E-state index is 0.0733. The van der Waals surface area contributed by atoms with Crippen LogP contribution in [0.4, 0.5) is 0 Å². The van der Waals surface area contributed by atoms with Crippen molar-refractivity contribution in [2.45, 2.75) is 64.2 Å². The van der Waals surface area contributed by atoms with Crippen LogP contribution in [0.5, 0.6) is 0 Å². The number of carboxylic acids is 1. The van der Waals surface area contributed by atoms with Crippen molar-refractivity contribution in [3.8, 4) is 0 Å². The van der Waals surface area contributed by atoms with Crippen LogP contribution >= 0.6 is 0 Å². The largest absolute Gasteiger partial charge is 0.481 e. The average molecular weight is 297 g/mol. The van der Waals surface area contributed by atoms with Gasteiger partial charge in [0.2, 0.25) is 5.91 Å². The quantitative estimate of drug-likeness (QED) is 0.700. The lowest BCUT2D eigenvalue weighted by Crippen LogP contribution is -2.43. The number of hydrogen-bond acceptors (Lipinski definition) is 3. The first-order valence-corrected chi connectivity index (χ1v) is 8.13. The Labute approximate surface area is 126 Å². The highest BCUT2D eigenvalue weighted by atomic mass is 16.4. The number of aliphatic hydroxyl groups is 1. The molecule has 2 rings (SSSR count). The monoisotopic (exact) mass is 297 g/mol. The molecule has 5 nitrogen and oxygen atoms in total. The van der Waals surface area contributed by atoms with E-state index in [0.717, 1.165) is 44.9 Å². The molecule has 0 saturated heterocycles. The van der Waals surface area contributed by atoms with Crippen LogP contribution in [0.15, 0.2) is 0 Å². The average Bonchev–Trinajstić information content (AvgIpc) is 2.95. The first-order valence-electron chi connectivity index (χ1n) is 8.13. The molecule has 2 aliphatic carbocycles. The van der Waals surface area contributed by atoms with Crippen molar-refractivity contribution >= 4 is 11.9 Å². The Bertz CT molecular complexity index is 382. The van der Waals surface area contributed by atoms with Crippen molar-refractivity contribution in [1.82, 2.24) is 5.32 Å². The number of carbonyl (C=O) groups excluding carboxylic acids is 1. The van der Waals surface area contributed by atoms with E-state index in [9.17, 15) is 19.8 Å². The topological polar surface area (TPSA) is 86.6 Å². The van der Waals surface area contributed by atoms with Gasteiger partial charge in [0.25, 0.3) is 0 Å². The first kappa shape index (κ1) is 16.3. The van der Waals surface area contributed by atoms with Gasteiger partial charge in [0.05, 0.1) is 12.0 Å². The van der Waals surface area contributed by atoms with Crippen molar-refractivity contribution in [2.24, 2.45) is 10.8 Å². The third-order valence-electron chi connectivity index (χ3n) is 5.42. The van der Waals surface area contributed by atoms with E-state index in [-0.39, 0.29) is 24.3 Å². The van der Waals surface area contributed by atoms with Gasteiger partial charge in [-0.1, -0.05) is 32.1 Å². The molecule has 0 heterocycles. The molecule has 0 aromatic carbocycles. The predicted molar refractivity (Wildman–Crippen MR) is 78.8 cm³/mol. The van der Waals surface area contributed by atoms with Crippen LogP contribution in [0, 0.1) is 10.8 Å². The first-order chi connectivity index (χ1) is 10.0. The van der Waals surface area contributed by atoms with Crippen LogP contribution in [-0.2, 0) is 9.59 Å². The molecule has 3 N–H and O–H groups in total. The Hall–Kier alpha value is -1.10. The Kier molecular flexibility index (Phi) is 5.25. The number of rotatable bonds is 6. The summed E-state index contributed by atoms with van der Waals surface area (Å²) >= 11 is 0. The maximum Gasteiger partial charge on any atom is 0.310 e. The van der Waals surface area contributed by atoms with E-state index in [0.29, 0.717) is 19.4 Å². The molecule has 2 fully saturated rings. The molecule has 0 spiro atoms.